The second-order valence-electron chi connectivity index (χ2n) is 5.69. The fourth-order valence-corrected chi connectivity index (χ4v) is 3.01. The molecule has 19 heavy (non-hydrogen) atoms. The summed E-state index contributed by atoms with van der Waals surface area (Å²) in [6.45, 7) is 16.6. The average molecular weight is 269 g/mol. The van der Waals surface area contributed by atoms with Gasteiger partial charge in [-0.3, -0.25) is 0 Å². The number of nitrogens with zero attached hydrogens (tertiary/aromatic N) is 2. The Morgan fingerprint density at radius 2 is 1.53 bits per heavy atom. The Kier molecular flexibility index (Phi) is 9.48. The number of nitrogens with one attached hydrogen (secondary N) is 1. The highest BCUT2D eigenvalue weighted by Crippen LogP contribution is 2.14. The lowest BCUT2D eigenvalue weighted by Gasteiger charge is -2.37. The van der Waals surface area contributed by atoms with Gasteiger partial charge in [-0.1, -0.05) is 27.2 Å². The smallest absolute Gasteiger partial charge is 0.0110 e. The van der Waals surface area contributed by atoms with E-state index in [1.807, 2.05) is 13.8 Å². The predicted molar refractivity (Wildman–Crippen MR) is 84.7 cm³/mol. The van der Waals surface area contributed by atoms with Crippen LogP contribution in [-0.4, -0.2) is 62.2 Å². The Morgan fingerprint density at radius 1 is 0.947 bits per heavy atom. The van der Waals surface area contributed by atoms with Gasteiger partial charge in [0.25, 0.3) is 0 Å². The van der Waals surface area contributed by atoms with Crippen molar-refractivity contribution in [3.63, 3.8) is 0 Å². The van der Waals surface area contributed by atoms with E-state index in [2.05, 4.69) is 22.0 Å². The summed E-state index contributed by atoms with van der Waals surface area (Å²) in [6, 6.07) is 0. The molecule has 2 fully saturated rings. The van der Waals surface area contributed by atoms with Gasteiger partial charge in [-0.15, -0.1) is 0 Å². The third-order valence-corrected chi connectivity index (χ3v) is 4.27. The lowest BCUT2D eigenvalue weighted by molar-refractivity contribution is 0.110. The summed E-state index contributed by atoms with van der Waals surface area (Å²) in [5.41, 5.74) is 0. The molecule has 2 aliphatic heterocycles. The number of rotatable bonds is 5. The minimum Gasteiger partial charge on any atom is -0.317 e. The SMILES string of the molecule is CC.CCCCN1CCN(CC2CCNCC2)CC1. The van der Waals surface area contributed by atoms with E-state index in [1.54, 1.807) is 0 Å². The zero-order valence-corrected chi connectivity index (χ0v) is 13.5. The van der Waals surface area contributed by atoms with Gasteiger partial charge in [0.2, 0.25) is 0 Å². The maximum Gasteiger partial charge on any atom is 0.0110 e. The molecule has 0 saturated carbocycles. The van der Waals surface area contributed by atoms with Crippen molar-refractivity contribution in [1.82, 2.24) is 15.1 Å². The molecule has 2 saturated heterocycles. The van der Waals surface area contributed by atoms with Crippen LogP contribution >= 0.6 is 0 Å². The second kappa shape index (κ2) is 10.6. The molecule has 0 spiro atoms. The van der Waals surface area contributed by atoms with Gasteiger partial charge in [0.1, 0.15) is 0 Å². The Hall–Kier alpha value is -0.120. The summed E-state index contributed by atoms with van der Waals surface area (Å²) in [6.07, 6.45) is 5.47. The van der Waals surface area contributed by atoms with Gasteiger partial charge in [-0.2, -0.15) is 0 Å². The van der Waals surface area contributed by atoms with Crippen LogP contribution < -0.4 is 5.32 Å². The van der Waals surface area contributed by atoms with E-state index < -0.39 is 0 Å². The van der Waals surface area contributed by atoms with Gasteiger partial charge >= 0.3 is 0 Å². The standard InChI is InChI=1S/C14H29N3.C2H6/c1-2-3-8-16-9-11-17(12-10-16)13-14-4-6-15-7-5-14;1-2/h14-15H,2-13H2,1H3;1-2H3. The first kappa shape index (κ1) is 16.9. The van der Waals surface area contributed by atoms with Gasteiger partial charge in [-0.25, -0.2) is 0 Å². The average Bonchev–Trinajstić information content (AvgIpc) is 2.50. The van der Waals surface area contributed by atoms with Crippen molar-refractivity contribution >= 4 is 0 Å². The molecule has 0 atom stereocenters. The number of hydrogen-bond donors (Lipinski definition) is 1. The third kappa shape index (κ3) is 6.73. The van der Waals surface area contributed by atoms with Crippen LogP contribution in [0, 0.1) is 5.92 Å². The highest BCUT2D eigenvalue weighted by Gasteiger charge is 2.20. The normalized spacial score (nSPS) is 22.9. The first-order chi connectivity index (χ1) is 9.38. The van der Waals surface area contributed by atoms with Crippen molar-refractivity contribution in [2.45, 2.75) is 46.5 Å². The van der Waals surface area contributed by atoms with Crippen LogP contribution in [0.2, 0.25) is 0 Å². The molecule has 0 aliphatic carbocycles. The van der Waals surface area contributed by atoms with Crippen LogP contribution in [0.3, 0.4) is 0 Å². The molecule has 3 heteroatoms. The molecule has 2 aliphatic rings. The molecule has 2 rings (SSSR count). The molecule has 0 aromatic rings. The summed E-state index contributed by atoms with van der Waals surface area (Å²) in [7, 11) is 0. The van der Waals surface area contributed by atoms with Crippen LogP contribution in [0.15, 0.2) is 0 Å². The number of unbranched alkanes of at least 4 members (excludes halogenated alkanes) is 1. The topological polar surface area (TPSA) is 18.5 Å². The molecule has 0 unspecified atom stereocenters. The van der Waals surface area contributed by atoms with E-state index in [9.17, 15) is 0 Å². The predicted octanol–water partition coefficient (Wildman–Crippen LogP) is 2.43. The summed E-state index contributed by atoms with van der Waals surface area (Å²) >= 11 is 0. The van der Waals surface area contributed by atoms with Crippen LogP contribution in [-0.2, 0) is 0 Å². The summed E-state index contributed by atoms with van der Waals surface area (Å²) in [5, 5.41) is 3.46. The van der Waals surface area contributed by atoms with E-state index >= 15 is 0 Å². The van der Waals surface area contributed by atoms with Gasteiger partial charge in [0, 0.05) is 32.7 Å². The molecule has 0 aromatic heterocycles. The molecule has 0 radical (unpaired) electrons. The van der Waals surface area contributed by atoms with Crippen molar-refractivity contribution in [3.8, 4) is 0 Å². The van der Waals surface area contributed by atoms with Crippen LogP contribution in [0.25, 0.3) is 0 Å². The van der Waals surface area contributed by atoms with Crippen molar-refractivity contribution < 1.29 is 0 Å². The first-order valence-corrected chi connectivity index (χ1v) is 8.54. The fourth-order valence-electron chi connectivity index (χ4n) is 3.01. The Bertz CT molecular complexity index is 194. The molecule has 0 bridgehead atoms. The van der Waals surface area contributed by atoms with Crippen molar-refractivity contribution in [2.75, 3.05) is 52.4 Å². The van der Waals surface area contributed by atoms with Crippen molar-refractivity contribution in [1.29, 1.82) is 0 Å². The monoisotopic (exact) mass is 269 g/mol. The minimum absolute atomic E-state index is 0.957. The molecular weight excluding hydrogens is 234 g/mol. The molecule has 1 N–H and O–H groups in total. The zero-order chi connectivity index (χ0) is 13.9. The lowest BCUT2D eigenvalue weighted by atomic mass is 9.97. The summed E-state index contributed by atoms with van der Waals surface area (Å²) in [5.74, 6) is 0.957. The lowest BCUT2D eigenvalue weighted by Crippen LogP contribution is -2.48. The van der Waals surface area contributed by atoms with E-state index in [0.29, 0.717) is 0 Å². The van der Waals surface area contributed by atoms with E-state index in [1.165, 1.54) is 78.0 Å². The molecule has 114 valence electrons. The third-order valence-electron chi connectivity index (χ3n) is 4.27. The maximum atomic E-state index is 3.46. The summed E-state index contributed by atoms with van der Waals surface area (Å²) < 4.78 is 0. The van der Waals surface area contributed by atoms with Gasteiger partial charge in [-0.05, 0) is 44.8 Å². The Labute approximate surface area is 120 Å². The Balaban J connectivity index is 0.000000861. The van der Waals surface area contributed by atoms with Crippen molar-refractivity contribution in [3.05, 3.63) is 0 Å². The minimum atomic E-state index is 0.957. The number of piperidine rings is 1. The van der Waals surface area contributed by atoms with E-state index in [4.69, 9.17) is 0 Å². The van der Waals surface area contributed by atoms with Gasteiger partial charge in [0.05, 0.1) is 0 Å². The second-order valence-corrected chi connectivity index (χ2v) is 5.69. The highest BCUT2D eigenvalue weighted by atomic mass is 15.3. The largest absolute Gasteiger partial charge is 0.317 e. The van der Waals surface area contributed by atoms with Crippen molar-refractivity contribution in [2.24, 2.45) is 5.92 Å². The highest BCUT2D eigenvalue weighted by molar-refractivity contribution is 4.77. The zero-order valence-electron chi connectivity index (χ0n) is 13.5. The van der Waals surface area contributed by atoms with Crippen LogP contribution in [0.4, 0.5) is 0 Å². The molecule has 0 amide bonds. The number of piperazine rings is 1. The van der Waals surface area contributed by atoms with Crippen LogP contribution in [0.5, 0.6) is 0 Å². The quantitative estimate of drug-likeness (QED) is 0.827. The molecule has 0 aromatic carbocycles. The number of hydrogen-bond acceptors (Lipinski definition) is 3. The summed E-state index contributed by atoms with van der Waals surface area (Å²) in [4.78, 5) is 5.33. The molecule has 2 heterocycles. The van der Waals surface area contributed by atoms with Crippen LogP contribution in [0.1, 0.15) is 46.5 Å². The maximum absolute atomic E-state index is 3.46. The van der Waals surface area contributed by atoms with E-state index in [-0.39, 0.29) is 0 Å². The fraction of sp³-hybridized carbons (Fsp3) is 1.00. The molecular formula is C16H35N3. The Morgan fingerprint density at radius 3 is 2.11 bits per heavy atom. The first-order valence-electron chi connectivity index (χ1n) is 8.54. The van der Waals surface area contributed by atoms with Gasteiger partial charge < -0.3 is 15.1 Å². The van der Waals surface area contributed by atoms with Gasteiger partial charge in [0.15, 0.2) is 0 Å². The molecule has 3 nitrogen and oxygen atoms in total. The van der Waals surface area contributed by atoms with E-state index in [0.717, 1.165) is 5.92 Å².